The van der Waals surface area contributed by atoms with Gasteiger partial charge in [-0.15, -0.1) is 0 Å². The first-order valence-electron chi connectivity index (χ1n) is 7.68. The van der Waals surface area contributed by atoms with Crippen LogP contribution >= 0.6 is 0 Å². The molecule has 0 aromatic carbocycles. The normalized spacial score (nSPS) is 28.2. The van der Waals surface area contributed by atoms with E-state index in [2.05, 4.69) is 0 Å². The van der Waals surface area contributed by atoms with Gasteiger partial charge in [-0.3, -0.25) is 9.59 Å². The Hall–Kier alpha value is -1.10. The van der Waals surface area contributed by atoms with Crippen LogP contribution in [0.4, 0.5) is 0 Å². The second kappa shape index (κ2) is 5.72. The van der Waals surface area contributed by atoms with E-state index < -0.39 is 11.4 Å². The highest BCUT2D eigenvalue weighted by Gasteiger charge is 2.47. The maximum Gasteiger partial charge on any atom is 0.311 e. The largest absolute Gasteiger partial charge is 0.481 e. The quantitative estimate of drug-likeness (QED) is 0.775. The lowest BCUT2D eigenvalue weighted by atomic mass is 9.66. The van der Waals surface area contributed by atoms with E-state index >= 15 is 0 Å². The Morgan fingerprint density at radius 2 is 2.00 bits per heavy atom. The van der Waals surface area contributed by atoms with Gasteiger partial charge in [-0.2, -0.15) is 0 Å². The first kappa shape index (κ1) is 15.3. The van der Waals surface area contributed by atoms with E-state index in [-0.39, 0.29) is 11.3 Å². The molecule has 0 bridgehead atoms. The highest BCUT2D eigenvalue weighted by Crippen LogP contribution is 2.44. The van der Waals surface area contributed by atoms with E-state index in [1.54, 1.807) is 4.90 Å². The number of hydrogen-bond donors (Lipinski definition) is 2. The molecule has 1 amide bonds. The van der Waals surface area contributed by atoms with Crippen molar-refractivity contribution in [3.8, 4) is 0 Å². The molecule has 5 nitrogen and oxygen atoms in total. The lowest BCUT2D eigenvalue weighted by molar-refractivity contribution is -0.149. The molecule has 2 rings (SSSR count). The van der Waals surface area contributed by atoms with Gasteiger partial charge in [0.25, 0.3) is 0 Å². The van der Waals surface area contributed by atoms with E-state index in [1.165, 1.54) is 0 Å². The number of carboxylic acids is 1. The predicted octanol–water partition coefficient (Wildman–Crippen LogP) is 1.61. The van der Waals surface area contributed by atoms with E-state index in [0.717, 1.165) is 25.7 Å². The summed E-state index contributed by atoms with van der Waals surface area (Å²) in [4.78, 5) is 25.7. The number of carbonyl (C=O) groups excluding carboxylic acids is 1. The minimum absolute atomic E-state index is 0.00366. The number of nitrogens with zero attached hydrogens (tertiary/aromatic N) is 1. The fraction of sp³-hybridized carbons (Fsp3) is 0.867. The Bertz CT molecular complexity index is 387. The lowest BCUT2D eigenvalue weighted by Gasteiger charge is -2.41. The third-order valence-electron chi connectivity index (χ3n) is 5.26. The van der Waals surface area contributed by atoms with Gasteiger partial charge in [0.1, 0.15) is 0 Å². The minimum Gasteiger partial charge on any atom is -0.481 e. The average Bonchev–Trinajstić information content (AvgIpc) is 2.80. The summed E-state index contributed by atoms with van der Waals surface area (Å²) in [5.74, 6) is -0.666. The fourth-order valence-electron chi connectivity index (χ4n) is 3.61. The summed E-state index contributed by atoms with van der Waals surface area (Å²) in [5.41, 5.74) is 5.07. The second-order valence-electron chi connectivity index (χ2n) is 6.64. The highest BCUT2D eigenvalue weighted by atomic mass is 16.4. The molecule has 0 radical (unpaired) electrons. The summed E-state index contributed by atoms with van der Waals surface area (Å²) in [7, 11) is 0. The number of nitrogens with two attached hydrogens (primary N) is 1. The van der Waals surface area contributed by atoms with Crippen LogP contribution in [-0.4, -0.2) is 41.5 Å². The molecule has 1 heterocycles. The molecule has 1 atom stereocenters. The van der Waals surface area contributed by atoms with Crippen LogP contribution in [-0.2, 0) is 9.59 Å². The topological polar surface area (TPSA) is 83.6 Å². The van der Waals surface area contributed by atoms with Crippen molar-refractivity contribution in [1.29, 1.82) is 0 Å². The minimum atomic E-state index is -0.758. The van der Waals surface area contributed by atoms with Crippen molar-refractivity contribution < 1.29 is 14.7 Å². The molecule has 0 spiro atoms. The van der Waals surface area contributed by atoms with Crippen LogP contribution in [0.3, 0.4) is 0 Å². The lowest BCUT2D eigenvalue weighted by Crippen LogP contribution is -2.43. The molecule has 2 fully saturated rings. The predicted molar refractivity (Wildman–Crippen MR) is 76.1 cm³/mol. The summed E-state index contributed by atoms with van der Waals surface area (Å²) >= 11 is 0. The van der Waals surface area contributed by atoms with Crippen LogP contribution in [0.25, 0.3) is 0 Å². The first-order chi connectivity index (χ1) is 9.47. The summed E-state index contributed by atoms with van der Waals surface area (Å²) in [6.45, 7) is 3.50. The van der Waals surface area contributed by atoms with Crippen molar-refractivity contribution in [2.75, 3.05) is 19.6 Å². The molecule has 114 valence electrons. The van der Waals surface area contributed by atoms with Gasteiger partial charge >= 0.3 is 5.97 Å². The van der Waals surface area contributed by atoms with Gasteiger partial charge < -0.3 is 15.7 Å². The van der Waals surface area contributed by atoms with E-state index in [9.17, 15) is 14.7 Å². The second-order valence-corrected chi connectivity index (χ2v) is 6.64. The van der Waals surface area contributed by atoms with Crippen molar-refractivity contribution >= 4 is 11.9 Å². The van der Waals surface area contributed by atoms with Crippen molar-refractivity contribution in [2.45, 2.75) is 51.9 Å². The average molecular weight is 282 g/mol. The summed E-state index contributed by atoms with van der Waals surface area (Å²) in [6, 6.07) is 0. The van der Waals surface area contributed by atoms with Crippen molar-refractivity contribution in [1.82, 2.24) is 4.90 Å². The number of amides is 1. The SMILES string of the molecule is CCCC1(C(=O)O)CCN(C(=O)CC2(CN)CCC2)C1. The Kier molecular flexibility index (Phi) is 4.37. The highest BCUT2D eigenvalue weighted by molar-refractivity contribution is 5.81. The smallest absolute Gasteiger partial charge is 0.311 e. The van der Waals surface area contributed by atoms with E-state index in [4.69, 9.17) is 5.73 Å². The Labute approximate surface area is 120 Å². The maximum atomic E-state index is 12.4. The standard InChI is InChI=1S/C15H26N2O3/c1-2-4-15(13(19)20)7-8-17(11-15)12(18)9-14(10-16)5-3-6-14/h2-11,16H2,1H3,(H,19,20). The van der Waals surface area contributed by atoms with Gasteiger partial charge in [0.05, 0.1) is 5.41 Å². The molecule has 1 saturated carbocycles. The molecular formula is C15H26N2O3. The van der Waals surface area contributed by atoms with Crippen LogP contribution in [0.5, 0.6) is 0 Å². The van der Waals surface area contributed by atoms with Gasteiger partial charge in [0, 0.05) is 19.5 Å². The van der Waals surface area contributed by atoms with Crippen LogP contribution in [0, 0.1) is 10.8 Å². The molecule has 1 aliphatic heterocycles. The van der Waals surface area contributed by atoms with Crippen molar-refractivity contribution in [3.05, 3.63) is 0 Å². The maximum absolute atomic E-state index is 12.4. The molecule has 20 heavy (non-hydrogen) atoms. The number of carboxylic acid groups (broad SMARTS) is 1. The van der Waals surface area contributed by atoms with Crippen LogP contribution in [0.1, 0.15) is 51.9 Å². The Balaban J connectivity index is 1.97. The van der Waals surface area contributed by atoms with Crippen molar-refractivity contribution in [3.63, 3.8) is 0 Å². The zero-order valence-electron chi connectivity index (χ0n) is 12.4. The number of likely N-dealkylation sites (tertiary alicyclic amines) is 1. The van der Waals surface area contributed by atoms with Gasteiger partial charge in [-0.05, 0) is 37.6 Å². The summed E-state index contributed by atoms with van der Waals surface area (Å²) < 4.78 is 0. The molecule has 5 heteroatoms. The van der Waals surface area contributed by atoms with Gasteiger partial charge in [0.2, 0.25) is 5.91 Å². The summed E-state index contributed by atoms with van der Waals surface area (Å²) in [5, 5.41) is 9.47. The molecule has 1 unspecified atom stereocenters. The number of carbonyl (C=O) groups is 2. The fourth-order valence-corrected chi connectivity index (χ4v) is 3.61. The number of rotatable bonds is 6. The zero-order valence-corrected chi connectivity index (χ0v) is 12.4. The zero-order chi connectivity index (χ0) is 14.8. The molecule has 1 aliphatic carbocycles. The van der Waals surface area contributed by atoms with Crippen LogP contribution in [0.15, 0.2) is 0 Å². The van der Waals surface area contributed by atoms with Gasteiger partial charge in [0.15, 0.2) is 0 Å². The monoisotopic (exact) mass is 282 g/mol. The molecular weight excluding hydrogens is 256 g/mol. The first-order valence-corrected chi connectivity index (χ1v) is 7.68. The van der Waals surface area contributed by atoms with Crippen LogP contribution < -0.4 is 5.73 Å². The molecule has 1 saturated heterocycles. The molecule has 0 aromatic rings. The number of aliphatic carboxylic acids is 1. The third-order valence-corrected chi connectivity index (χ3v) is 5.26. The third kappa shape index (κ3) is 2.68. The van der Waals surface area contributed by atoms with E-state index in [1.807, 2.05) is 6.92 Å². The van der Waals surface area contributed by atoms with Gasteiger partial charge in [-0.25, -0.2) is 0 Å². The molecule has 2 aliphatic rings. The molecule has 0 aromatic heterocycles. The Morgan fingerprint density at radius 1 is 1.30 bits per heavy atom. The number of hydrogen-bond acceptors (Lipinski definition) is 3. The van der Waals surface area contributed by atoms with Gasteiger partial charge in [-0.1, -0.05) is 19.8 Å². The molecule has 3 N–H and O–H groups in total. The summed E-state index contributed by atoms with van der Waals surface area (Å²) in [6.07, 6.45) is 5.77. The van der Waals surface area contributed by atoms with Crippen molar-refractivity contribution in [2.24, 2.45) is 16.6 Å². The van der Waals surface area contributed by atoms with E-state index in [0.29, 0.717) is 38.9 Å². The van der Waals surface area contributed by atoms with Crippen LogP contribution in [0.2, 0.25) is 0 Å². The Morgan fingerprint density at radius 3 is 2.45 bits per heavy atom.